The van der Waals surface area contributed by atoms with Gasteiger partial charge in [-0.05, 0) is 59.1 Å². The van der Waals surface area contributed by atoms with Gasteiger partial charge in [-0.15, -0.1) is 0 Å². The van der Waals surface area contributed by atoms with Crippen LogP contribution in [0.5, 0.6) is 11.5 Å². The van der Waals surface area contributed by atoms with Crippen molar-refractivity contribution in [3.05, 3.63) is 80.7 Å². The number of carboxylic acid groups (broad SMARTS) is 1. The molecule has 0 amide bonds. The first-order valence-corrected chi connectivity index (χ1v) is 13.8. The molecule has 2 N–H and O–H groups in total. The van der Waals surface area contributed by atoms with E-state index in [1.165, 1.54) is 19.2 Å². The van der Waals surface area contributed by atoms with Crippen molar-refractivity contribution in [2.24, 2.45) is 10.8 Å². The van der Waals surface area contributed by atoms with Crippen molar-refractivity contribution in [3.63, 3.8) is 0 Å². The van der Waals surface area contributed by atoms with E-state index >= 15 is 0 Å². The Hall–Kier alpha value is -3.58. The van der Waals surface area contributed by atoms with Gasteiger partial charge in [0.05, 0.1) is 17.7 Å². The minimum atomic E-state index is -0.998. The fraction of sp³-hybridized carbons (Fsp3) is 0.406. The number of dihydropyridines is 1. The Kier molecular flexibility index (Phi) is 7.07. The summed E-state index contributed by atoms with van der Waals surface area (Å²) in [4.78, 5) is 38.4. The molecule has 5 rings (SSSR count). The molecule has 0 aromatic heterocycles. The number of carboxylic acids is 1. The number of ketones is 2. The lowest BCUT2D eigenvalue weighted by molar-refractivity contribution is -0.119. The normalized spacial score (nSPS) is 20.1. The molecule has 0 saturated heterocycles. The Morgan fingerprint density at radius 2 is 1.50 bits per heavy atom. The highest BCUT2D eigenvalue weighted by Gasteiger charge is 2.46. The smallest absolute Gasteiger partial charge is 0.335 e. The molecule has 0 saturated carbocycles. The molecule has 3 aliphatic rings. The zero-order valence-corrected chi connectivity index (χ0v) is 24.2. The molecule has 2 aliphatic carbocycles. The molecule has 0 spiro atoms. The summed E-state index contributed by atoms with van der Waals surface area (Å²) in [5.41, 5.74) is 4.34. The minimum absolute atomic E-state index is 0.0353. The van der Waals surface area contributed by atoms with Crippen LogP contribution >= 0.6 is 11.6 Å². The zero-order chi connectivity index (χ0) is 29.0. The molecule has 0 radical (unpaired) electrons. The van der Waals surface area contributed by atoms with E-state index in [4.69, 9.17) is 26.2 Å². The molecule has 8 heteroatoms. The standard InChI is InChI=1S/C32H34ClNO6/c1-31(2)12-21-27(23(35)14-31)26(28-22(34-21)13-32(3,4)15-24(28)36)19-10-20(33)29(25(11-19)39-5)40-16-17-6-8-18(9-7-17)30(37)38/h6-11,26,34H,12-16H2,1-5H3,(H,37,38). The summed E-state index contributed by atoms with van der Waals surface area (Å²) in [5, 5.41) is 13.0. The van der Waals surface area contributed by atoms with Gasteiger partial charge in [0.1, 0.15) is 6.61 Å². The monoisotopic (exact) mass is 563 g/mol. The molecule has 0 bridgehead atoms. The van der Waals surface area contributed by atoms with Crippen LogP contribution in [-0.2, 0) is 16.2 Å². The van der Waals surface area contributed by atoms with Gasteiger partial charge in [0.2, 0.25) is 0 Å². The maximum Gasteiger partial charge on any atom is 0.335 e. The van der Waals surface area contributed by atoms with Crippen LogP contribution in [0, 0.1) is 10.8 Å². The number of carbonyl (C=O) groups excluding carboxylic acids is 2. The van der Waals surface area contributed by atoms with Gasteiger partial charge in [0.15, 0.2) is 23.1 Å². The fourth-order valence-corrected chi connectivity index (χ4v) is 6.44. The maximum atomic E-state index is 13.6. The number of hydrogen-bond donors (Lipinski definition) is 2. The van der Waals surface area contributed by atoms with Gasteiger partial charge in [-0.25, -0.2) is 4.79 Å². The Morgan fingerprint density at radius 1 is 0.950 bits per heavy atom. The maximum absolute atomic E-state index is 13.6. The van der Waals surface area contributed by atoms with Crippen molar-refractivity contribution < 1.29 is 29.0 Å². The van der Waals surface area contributed by atoms with Crippen LogP contribution in [-0.4, -0.2) is 29.8 Å². The molecule has 1 aliphatic heterocycles. The van der Waals surface area contributed by atoms with E-state index in [-0.39, 0.29) is 34.6 Å². The number of rotatable bonds is 6. The predicted molar refractivity (Wildman–Crippen MR) is 152 cm³/mol. The number of nitrogens with one attached hydrogen (secondary N) is 1. The molecule has 7 nitrogen and oxygen atoms in total. The first-order valence-electron chi connectivity index (χ1n) is 13.4. The molecule has 0 unspecified atom stereocenters. The zero-order valence-electron chi connectivity index (χ0n) is 23.4. The number of hydrogen-bond acceptors (Lipinski definition) is 6. The average molecular weight is 564 g/mol. The van der Waals surface area contributed by atoms with Gasteiger partial charge in [0, 0.05) is 41.3 Å². The number of methoxy groups -OCH3 is 1. The number of Topliss-reactive ketones (excluding diaryl/α,β-unsaturated/α-hetero) is 2. The molecular weight excluding hydrogens is 530 g/mol. The third-order valence-corrected chi connectivity index (χ3v) is 8.17. The Balaban J connectivity index is 1.55. The molecular formula is C32H34ClNO6. The molecule has 0 fully saturated rings. The molecule has 2 aromatic rings. The van der Waals surface area contributed by atoms with Crippen LogP contribution in [0.25, 0.3) is 0 Å². The fourth-order valence-electron chi connectivity index (χ4n) is 6.17. The molecule has 210 valence electrons. The molecule has 2 aromatic carbocycles. The summed E-state index contributed by atoms with van der Waals surface area (Å²) >= 11 is 6.78. The third kappa shape index (κ3) is 5.27. The summed E-state index contributed by atoms with van der Waals surface area (Å²) in [6.45, 7) is 8.51. The van der Waals surface area contributed by atoms with E-state index in [2.05, 4.69) is 33.0 Å². The first kappa shape index (κ1) is 28.0. The van der Waals surface area contributed by atoms with Gasteiger partial charge >= 0.3 is 5.97 Å². The van der Waals surface area contributed by atoms with Crippen LogP contribution in [0.1, 0.15) is 80.8 Å². The SMILES string of the molecule is COc1cc(C2C3=C(CC(C)(C)CC3=O)NC3=C2C(=O)CC(C)(C)C3)cc(Cl)c1OCc1ccc(C(=O)O)cc1. The topological polar surface area (TPSA) is 102 Å². The molecule has 1 heterocycles. The number of halogens is 1. The van der Waals surface area contributed by atoms with E-state index in [1.807, 2.05) is 0 Å². The third-order valence-electron chi connectivity index (χ3n) is 7.89. The second-order valence-corrected chi connectivity index (χ2v) is 13.0. The summed E-state index contributed by atoms with van der Waals surface area (Å²) in [6, 6.07) is 9.96. The van der Waals surface area contributed by atoms with Crippen LogP contribution in [0.2, 0.25) is 5.02 Å². The van der Waals surface area contributed by atoms with E-state index < -0.39 is 11.9 Å². The molecule has 0 atom stereocenters. The van der Waals surface area contributed by atoms with Crippen molar-refractivity contribution in [3.8, 4) is 11.5 Å². The second kappa shape index (κ2) is 10.1. The number of allylic oxidation sites excluding steroid dienone is 4. The lowest BCUT2D eigenvalue weighted by atomic mass is 9.64. The van der Waals surface area contributed by atoms with Crippen molar-refractivity contribution in [1.29, 1.82) is 0 Å². The van der Waals surface area contributed by atoms with E-state index in [0.29, 0.717) is 58.9 Å². The van der Waals surface area contributed by atoms with Crippen LogP contribution in [0.15, 0.2) is 58.9 Å². The summed E-state index contributed by atoms with van der Waals surface area (Å²) in [6.07, 6.45) is 2.23. The van der Waals surface area contributed by atoms with Crippen LogP contribution in [0.3, 0.4) is 0 Å². The van der Waals surface area contributed by atoms with Crippen molar-refractivity contribution in [2.75, 3.05) is 7.11 Å². The summed E-state index contributed by atoms with van der Waals surface area (Å²) in [7, 11) is 1.52. The first-order chi connectivity index (χ1) is 18.8. The van der Waals surface area contributed by atoms with Crippen molar-refractivity contribution >= 4 is 29.1 Å². The number of carbonyl (C=O) groups is 3. The van der Waals surface area contributed by atoms with Crippen LogP contribution < -0.4 is 14.8 Å². The highest BCUT2D eigenvalue weighted by molar-refractivity contribution is 6.32. The summed E-state index contributed by atoms with van der Waals surface area (Å²) in [5.74, 6) is -0.745. The molecule has 40 heavy (non-hydrogen) atoms. The largest absolute Gasteiger partial charge is 0.493 e. The minimum Gasteiger partial charge on any atom is -0.493 e. The predicted octanol–water partition coefficient (Wildman–Crippen LogP) is 6.60. The van der Waals surface area contributed by atoms with Gasteiger partial charge in [-0.1, -0.05) is 51.4 Å². The van der Waals surface area contributed by atoms with Gasteiger partial charge in [-0.3, -0.25) is 9.59 Å². The highest BCUT2D eigenvalue weighted by Crippen LogP contribution is 2.52. The lowest BCUT2D eigenvalue weighted by Gasteiger charge is -2.44. The Labute approximate surface area is 239 Å². The lowest BCUT2D eigenvalue weighted by Crippen LogP contribution is -2.42. The second-order valence-electron chi connectivity index (χ2n) is 12.5. The Bertz CT molecular complexity index is 1430. The Morgan fingerprint density at radius 3 is 2.00 bits per heavy atom. The number of aromatic carboxylic acids is 1. The van der Waals surface area contributed by atoms with Gasteiger partial charge in [0.25, 0.3) is 0 Å². The van der Waals surface area contributed by atoms with Crippen LogP contribution in [0.4, 0.5) is 0 Å². The van der Waals surface area contributed by atoms with E-state index in [9.17, 15) is 14.4 Å². The quantitative estimate of drug-likeness (QED) is 0.408. The van der Waals surface area contributed by atoms with Gasteiger partial charge < -0.3 is 19.9 Å². The average Bonchev–Trinajstić information content (AvgIpc) is 2.85. The van der Waals surface area contributed by atoms with E-state index in [0.717, 1.165) is 17.0 Å². The van der Waals surface area contributed by atoms with Gasteiger partial charge in [-0.2, -0.15) is 0 Å². The van der Waals surface area contributed by atoms with Crippen molar-refractivity contribution in [1.82, 2.24) is 5.32 Å². The number of ether oxygens (including phenoxy) is 2. The van der Waals surface area contributed by atoms with E-state index in [1.54, 1.807) is 24.3 Å². The number of benzene rings is 2. The highest BCUT2D eigenvalue weighted by atomic mass is 35.5. The summed E-state index contributed by atoms with van der Waals surface area (Å²) < 4.78 is 11.7. The van der Waals surface area contributed by atoms with Crippen molar-refractivity contribution in [2.45, 2.75) is 65.9 Å².